The van der Waals surface area contributed by atoms with Gasteiger partial charge in [0, 0.05) is 24.8 Å². The molecule has 1 aliphatic heterocycles. The van der Waals surface area contributed by atoms with Crippen molar-refractivity contribution in [3.05, 3.63) is 23.8 Å². The zero-order valence-electron chi connectivity index (χ0n) is 17.1. The number of rotatable bonds is 7. The molecule has 3 rings (SSSR count). The Morgan fingerprint density at radius 3 is 2.39 bits per heavy atom. The van der Waals surface area contributed by atoms with Crippen LogP contribution < -0.4 is 19.7 Å². The lowest BCUT2D eigenvalue weighted by atomic mass is 9.88. The highest BCUT2D eigenvalue weighted by atomic mass is 16.5. The second kappa shape index (κ2) is 9.92. The van der Waals surface area contributed by atoms with E-state index in [0.29, 0.717) is 23.6 Å². The van der Waals surface area contributed by atoms with Gasteiger partial charge in [0.05, 0.1) is 32.9 Å². The Balaban J connectivity index is 1.49. The van der Waals surface area contributed by atoms with Crippen molar-refractivity contribution in [2.45, 2.75) is 51.0 Å². The quantitative estimate of drug-likeness (QED) is 0.696. The first kappa shape index (κ1) is 20.6. The molecule has 1 saturated carbocycles. The number of carbonyl (C=O) groups is 2. The van der Waals surface area contributed by atoms with Gasteiger partial charge in [0.1, 0.15) is 18.0 Å². The fourth-order valence-electron chi connectivity index (χ4n) is 4.39. The summed E-state index contributed by atoms with van der Waals surface area (Å²) in [4.78, 5) is 26.5. The van der Waals surface area contributed by atoms with Crippen molar-refractivity contribution in [2.24, 2.45) is 5.92 Å². The first-order valence-electron chi connectivity index (χ1n) is 10.5. The maximum absolute atomic E-state index is 12.8. The van der Waals surface area contributed by atoms with Crippen LogP contribution in [-0.4, -0.2) is 51.6 Å². The molecular weight excluding hydrogens is 356 g/mol. The van der Waals surface area contributed by atoms with Crippen molar-refractivity contribution in [1.29, 1.82) is 0 Å². The van der Waals surface area contributed by atoms with Crippen LogP contribution in [0.5, 0.6) is 11.5 Å². The lowest BCUT2D eigenvalue weighted by Crippen LogP contribution is -3.14. The topological polar surface area (TPSA) is 69.1 Å². The number of hydrogen-bond donors (Lipinski definition) is 2. The summed E-state index contributed by atoms with van der Waals surface area (Å²) >= 11 is 0. The number of ketones is 1. The van der Waals surface area contributed by atoms with E-state index in [2.05, 4.69) is 5.32 Å². The number of amides is 1. The molecule has 0 spiro atoms. The van der Waals surface area contributed by atoms with Gasteiger partial charge in [-0.3, -0.25) is 9.59 Å². The number of nitrogens with one attached hydrogen (secondary N) is 2. The number of methoxy groups -OCH3 is 2. The molecule has 1 aliphatic carbocycles. The number of quaternary nitrogens is 1. The van der Waals surface area contributed by atoms with Crippen LogP contribution in [0.1, 0.15) is 55.3 Å². The number of ether oxygens (including phenoxy) is 2. The molecule has 0 unspecified atom stereocenters. The van der Waals surface area contributed by atoms with E-state index in [1.807, 2.05) is 0 Å². The molecule has 1 amide bonds. The van der Waals surface area contributed by atoms with E-state index in [-0.39, 0.29) is 23.7 Å². The van der Waals surface area contributed by atoms with Crippen molar-refractivity contribution >= 4 is 11.7 Å². The molecule has 6 nitrogen and oxygen atoms in total. The Morgan fingerprint density at radius 1 is 1.04 bits per heavy atom. The Labute approximate surface area is 167 Å². The molecule has 0 aromatic heterocycles. The van der Waals surface area contributed by atoms with E-state index >= 15 is 0 Å². The van der Waals surface area contributed by atoms with Crippen molar-refractivity contribution in [1.82, 2.24) is 5.32 Å². The number of carbonyl (C=O) groups excluding carboxylic acids is 2. The van der Waals surface area contributed by atoms with Gasteiger partial charge in [0.15, 0.2) is 0 Å². The second-order valence-electron chi connectivity index (χ2n) is 8.03. The van der Waals surface area contributed by atoms with E-state index in [1.165, 1.54) is 24.2 Å². The highest BCUT2D eigenvalue weighted by Gasteiger charge is 2.29. The van der Waals surface area contributed by atoms with Crippen LogP contribution >= 0.6 is 0 Å². The molecule has 1 heterocycles. The summed E-state index contributed by atoms with van der Waals surface area (Å²) in [6, 6.07) is 5.56. The molecule has 154 valence electrons. The fraction of sp³-hybridized carbons (Fsp3) is 0.636. The van der Waals surface area contributed by atoms with Crippen molar-refractivity contribution < 1.29 is 24.0 Å². The standard InChI is InChI=1S/C22H32N2O4/c1-27-18-8-9-21(28-2)19(14-18)20(25)15-24-12-10-17(11-13-24)23-22(26)16-6-4-3-5-7-16/h8-9,14,16-17H,3-7,10-13,15H2,1-2H3,(H,23,26)/p+1. The third-order valence-corrected chi connectivity index (χ3v) is 6.13. The smallest absolute Gasteiger partial charge is 0.223 e. The molecule has 2 fully saturated rings. The first-order chi connectivity index (χ1) is 13.6. The minimum Gasteiger partial charge on any atom is -0.497 e. The minimum absolute atomic E-state index is 0.0652. The van der Waals surface area contributed by atoms with E-state index < -0.39 is 0 Å². The summed E-state index contributed by atoms with van der Waals surface area (Å²) < 4.78 is 10.6. The average molecular weight is 390 g/mol. The second-order valence-corrected chi connectivity index (χ2v) is 8.03. The van der Waals surface area contributed by atoms with Gasteiger partial charge in [0.2, 0.25) is 11.7 Å². The van der Waals surface area contributed by atoms with Gasteiger partial charge in [0.25, 0.3) is 0 Å². The minimum atomic E-state index is 0.0652. The molecule has 6 heteroatoms. The summed E-state index contributed by atoms with van der Waals surface area (Å²) in [7, 11) is 3.17. The van der Waals surface area contributed by atoms with Gasteiger partial charge in [-0.05, 0) is 31.0 Å². The number of Topliss-reactive ketones (excluding diaryl/α,β-unsaturated/α-hetero) is 1. The summed E-state index contributed by atoms with van der Waals surface area (Å²) in [6.45, 7) is 2.23. The Kier molecular flexibility index (Phi) is 7.31. The maximum Gasteiger partial charge on any atom is 0.223 e. The third kappa shape index (κ3) is 5.25. The van der Waals surface area contributed by atoms with E-state index in [4.69, 9.17) is 9.47 Å². The van der Waals surface area contributed by atoms with Crippen molar-refractivity contribution in [3.8, 4) is 11.5 Å². The van der Waals surface area contributed by atoms with Crippen LogP contribution in [0.2, 0.25) is 0 Å². The number of piperidine rings is 1. The predicted octanol–water partition coefficient (Wildman–Crippen LogP) is 1.63. The molecule has 0 bridgehead atoms. The molecule has 0 atom stereocenters. The Morgan fingerprint density at radius 2 is 1.75 bits per heavy atom. The van der Waals surface area contributed by atoms with Crippen LogP contribution in [0.3, 0.4) is 0 Å². The number of benzene rings is 1. The molecule has 1 aromatic carbocycles. The molecule has 2 aliphatic rings. The molecular formula is C22H33N2O4+. The SMILES string of the molecule is COc1ccc(OC)c(C(=O)C[NH+]2CCC(NC(=O)C3CCCCC3)CC2)c1. The lowest BCUT2D eigenvalue weighted by Gasteiger charge is -2.31. The summed E-state index contributed by atoms with van der Waals surface area (Å²) in [5.74, 6) is 1.75. The normalized spacial score (nSPS) is 23.1. The van der Waals surface area contributed by atoms with Gasteiger partial charge in [-0.2, -0.15) is 0 Å². The van der Waals surface area contributed by atoms with E-state index in [9.17, 15) is 9.59 Å². The summed E-state index contributed by atoms with van der Waals surface area (Å²) in [6.07, 6.45) is 7.54. The van der Waals surface area contributed by atoms with Gasteiger partial charge < -0.3 is 19.7 Å². The van der Waals surface area contributed by atoms with Gasteiger partial charge in [-0.25, -0.2) is 0 Å². The fourth-order valence-corrected chi connectivity index (χ4v) is 4.39. The third-order valence-electron chi connectivity index (χ3n) is 6.13. The molecule has 28 heavy (non-hydrogen) atoms. The summed E-state index contributed by atoms with van der Waals surface area (Å²) in [5, 5.41) is 3.25. The largest absolute Gasteiger partial charge is 0.497 e. The monoisotopic (exact) mass is 389 g/mol. The molecule has 1 saturated heterocycles. The highest BCUT2D eigenvalue weighted by molar-refractivity contribution is 5.99. The predicted molar refractivity (Wildman–Crippen MR) is 107 cm³/mol. The Hall–Kier alpha value is -2.08. The summed E-state index contributed by atoms with van der Waals surface area (Å²) in [5.41, 5.74) is 0.571. The maximum atomic E-state index is 12.8. The number of likely N-dealkylation sites (tertiary alicyclic amines) is 1. The molecule has 1 aromatic rings. The Bertz CT molecular complexity index is 677. The van der Waals surface area contributed by atoms with Crippen molar-refractivity contribution in [2.75, 3.05) is 33.9 Å². The van der Waals surface area contributed by atoms with Crippen LogP contribution in [0.25, 0.3) is 0 Å². The molecule has 2 N–H and O–H groups in total. The molecule has 0 radical (unpaired) electrons. The van der Waals surface area contributed by atoms with Gasteiger partial charge >= 0.3 is 0 Å². The van der Waals surface area contributed by atoms with Crippen LogP contribution in [-0.2, 0) is 4.79 Å². The van der Waals surface area contributed by atoms with Gasteiger partial charge in [-0.1, -0.05) is 19.3 Å². The zero-order valence-corrected chi connectivity index (χ0v) is 17.1. The van der Waals surface area contributed by atoms with Crippen LogP contribution in [0.4, 0.5) is 0 Å². The number of hydrogen-bond acceptors (Lipinski definition) is 4. The van der Waals surface area contributed by atoms with Gasteiger partial charge in [-0.15, -0.1) is 0 Å². The van der Waals surface area contributed by atoms with Crippen molar-refractivity contribution in [3.63, 3.8) is 0 Å². The average Bonchev–Trinajstić information content (AvgIpc) is 2.75. The van der Waals surface area contributed by atoms with E-state index in [1.54, 1.807) is 32.4 Å². The van der Waals surface area contributed by atoms with Crippen LogP contribution in [0, 0.1) is 5.92 Å². The lowest BCUT2D eigenvalue weighted by molar-refractivity contribution is -0.896. The zero-order chi connectivity index (χ0) is 19.9. The highest BCUT2D eigenvalue weighted by Crippen LogP contribution is 2.25. The van der Waals surface area contributed by atoms with E-state index in [0.717, 1.165) is 38.8 Å². The first-order valence-corrected chi connectivity index (χ1v) is 10.5. The van der Waals surface area contributed by atoms with Crippen LogP contribution in [0.15, 0.2) is 18.2 Å².